The SMILES string of the molecule is COCCNCCn1ncc(N2CCC(C)CC2)cc1=O. The molecule has 1 aromatic rings. The van der Waals surface area contributed by atoms with Gasteiger partial charge in [0.15, 0.2) is 0 Å². The average molecular weight is 294 g/mol. The molecule has 6 heteroatoms. The van der Waals surface area contributed by atoms with Crippen molar-refractivity contribution < 1.29 is 4.74 Å². The van der Waals surface area contributed by atoms with E-state index in [9.17, 15) is 4.79 Å². The van der Waals surface area contributed by atoms with Crippen LogP contribution in [0.15, 0.2) is 17.1 Å². The molecule has 0 saturated carbocycles. The number of hydrogen-bond acceptors (Lipinski definition) is 5. The summed E-state index contributed by atoms with van der Waals surface area (Å²) >= 11 is 0. The van der Waals surface area contributed by atoms with E-state index < -0.39 is 0 Å². The predicted octanol–water partition coefficient (Wildman–Crippen LogP) is 0.716. The number of nitrogens with zero attached hydrogens (tertiary/aromatic N) is 3. The Morgan fingerprint density at radius 3 is 2.81 bits per heavy atom. The minimum absolute atomic E-state index is 0.0281. The van der Waals surface area contributed by atoms with E-state index in [2.05, 4.69) is 22.2 Å². The molecule has 0 aromatic carbocycles. The molecule has 1 aromatic heterocycles. The van der Waals surface area contributed by atoms with Crippen LogP contribution in [-0.2, 0) is 11.3 Å². The fraction of sp³-hybridized carbons (Fsp3) is 0.733. The predicted molar refractivity (Wildman–Crippen MR) is 83.9 cm³/mol. The molecule has 0 aliphatic carbocycles. The fourth-order valence-corrected chi connectivity index (χ4v) is 2.52. The minimum atomic E-state index is -0.0281. The van der Waals surface area contributed by atoms with E-state index in [1.165, 1.54) is 17.5 Å². The van der Waals surface area contributed by atoms with Crippen LogP contribution in [0.25, 0.3) is 0 Å². The van der Waals surface area contributed by atoms with Gasteiger partial charge in [-0.15, -0.1) is 0 Å². The lowest BCUT2D eigenvalue weighted by atomic mass is 9.99. The quantitative estimate of drug-likeness (QED) is 0.751. The van der Waals surface area contributed by atoms with Crippen molar-refractivity contribution in [1.82, 2.24) is 15.1 Å². The Bertz CT molecular complexity index is 481. The highest BCUT2D eigenvalue weighted by Gasteiger charge is 2.16. The third kappa shape index (κ3) is 4.82. The summed E-state index contributed by atoms with van der Waals surface area (Å²) in [7, 11) is 1.67. The fourth-order valence-electron chi connectivity index (χ4n) is 2.52. The molecule has 1 aliphatic rings. The molecule has 0 radical (unpaired) electrons. The van der Waals surface area contributed by atoms with E-state index >= 15 is 0 Å². The lowest BCUT2D eigenvalue weighted by Gasteiger charge is -2.31. The van der Waals surface area contributed by atoms with Crippen molar-refractivity contribution >= 4 is 5.69 Å². The number of methoxy groups -OCH3 is 1. The number of aromatic nitrogens is 2. The second-order valence-electron chi connectivity index (χ2n) is 5.69. The minimum Gasteiger partial charge on any atom is -0.383 e. The molecule has 0 spiro atoms. The monoisotopic (exact) mass is 294 g/mol. The van der Waals surface area contributed by atoms with E-state index in [1.54, 1.807) is 13.2 Å². The number of hydrogen-bond donors (Lipinski definition) is 1. The number of anilines is 1. The second kappa shape index (κ2) is 8.14. The molecule has 2 heterocycles. The van der Waals surface area contributed by atoms with E-state index in [1.807, 2.05) is 6.20 Å². The van der Waals surface area contributed by atoms with Crippen LogP contribution < -0.4 is 15.8 Å². The van der Waals surface area contributed by atoms with E-state index in [0.717, 1.165) is 37.8 Å². The Balaban J connectivity index is 1.87. The van der Waals surface area contributed by atoms with Gasteiger partial charge in [-0.3, -0.25) is 4.79 Å². The van der Waals surface area contributed by atoms with E-state index in [0.29, 0.717) is 13.2 Å². The standard InChI is InChI=1S/C15H26N4O2/c1-13-3-7-18(8-4-13)14-11-15(20)19(17-12-14)9-5-16-6-10-21-2/h11-13,16H,3-10H2,1-2H3. The number of piperidine rings is 1. The maximum atomic E-state index is 12.1. The topological polar surface area (TPSA) is 59.4 Å². The second-order valence-corrected chi connectivity index (χ2v) is 5.69. The zero-order valence-electron chi connectivity index (χ0n) is 13.0. The molecule has 1 fully saturated rings. The number of rotatable bonds is 7. The number of ether oxygens (including phenoxy) is 1. The molecule has 2 rings (SSSR count). The van der Waals surface area contributed by atoms with Gasteiger partial charge in [0.1, 0.15) is 0 Å². The van der Waals surface area contributed by atoms with Crippen molar-refractivity contribution in [2.75, 3.05) is 44.8 Å². The first-order chi connectivity index (χ1) is 10.2. The Kier molecular flexibility index (Phi) is 6.20. The third-order valence-electron chi connectivity index (χ3n) is 3.99. The zero-order chi connectivity index (χ0) is 15.1. The Labute approximate surface area is 126 Å². The molecule has 118 valence electrons. The van der Waals surface area contributed by atoms with Gasteiger partial charge in [-0.1, -0.05) is 6.92 Å². The van der Waals surface area contributed by atoms with Crippen LogP contribution in [0.5, 0.6) is 0 Å². The van der Waals surface area contributed by atoms with Crippen molar-refractivity contribution in [3.05, 3.63) is 22.6 Å². The molecule has 1 aliphatic heterocycles. The lowest BCUT2D eigenvalue weighted by Crippen LogP contribution is -2.35. The molecule has 1 N–H and O–H groups in total. The Morgan fingerprint density at radius 1 is 1.38 bits per heavy atom. The van der Waals surface area contributed by atoms with Crippen LogP contribution in [0.3, 0.4) is 0 Å². The van der Waals surface area contributed by atoms with Gasteiger partial charge in [0, 0.05) is 39.4 Å². The Morgan fingerprint density at radius 2 is 2.14 bits per heavy atom. The van der Waals surface area contributed by atoms with Gasteiger partial charge >= 0.3 is 0 Å². The normalized spacial score (nSPS) is 16.4. The van der Waals surface area contributed by atoms with Crippen LogP contribution in [0.4, 0.5) is 5.69 Å². The van der Waals surface area contributed by atoms with Gasteiger partial charge in [0.05, 0.1) is 25.0 Å². The highest BCUT2D eigenvalue weighted by molar-refractivity contribution is 5.43. The lowest BCUT2D eigenvalue weighted by molar-refractivity contribution is 0.199. The highest BCUT2D eigenvalue weighted by Crippen LogP contribution is 2.20. The summed E-state index contributed by atoms with van der Waals surface area (Å²) in [4.78, 5) is 14.3. The van der Waals surface area contributed by atoms with Crippen molar-refractivity contribution in [2.45, 2.75) is 26.3 Å². The van der Waals surface area contributed by atoms with Crippen LogP contribution >= 0.6 is 0 Å². The van der Waals surface area contributed by atoms with Crippen molar-refractivity contribution in [3.8, 4) is 0 Å². The maximum absolute atomic E-state index is 12.1. The maximum Gasteiger partial charge on any atom is 0.268 e. The van der Waals surface area contributed by atoms with E-state index in [-0.39, 0.29) is 5.56 Å². The largest absolute Gasteiger partial charge is 0.383 e. The van der Waals surface area contributed by atoms with Crippen LogP contribution in [0.2, 0.25) is 0 Å². The van der Waals surface area contributed by atoms with Crippen LogP contribution in [-0.4, -0.2) is 49.7 Å². The summed E-state index contributed by atoms with van der Waals surface area (Å²) in [6.07, 6.45) is 4.19. The van der Waals surface area contributed by atoms with Crippen molar-refractivity contribution in [2.24, 2.45) is 5.92 Å². The molecular weight excluding hydrogens is 268 g/mol. The van der Waals surface area contributed by atoms with Crippen molar-refractivity contribution in [3.63, 3.8) is 0 Å². The molecule has 1 saturated heterocycles. The summed E-state index contributed by atoms with van der Waals surface area (Å²) in [6, 6.07) is 1.71. The molecule has 0 unspecified atom stereocenters. The van der Waals surface area contributed by atoms with Gasteiger partial charge in [0.25, 0.3) is 5.56 Å². The van der Waals surface area contributed by atoms with Crippen LogP contribution in [0, 0.1) is 5.92 Å². The molecular formula is C15H26N4O2. The smallest absolute Gasteiger partial charge is 0.268 e. The van der Waals surface area contributed by atoms with Crippen LogP contribution in [0.1, 0.15) is 19.8 Å². The summed E-state index contributed by atoms with van der Waals surface area (Å²) in [5, 5.41) is 7.49. The third-order valence-corrected chi connectivity index (χ3v) is 3.99. The summed E-state index contributed by atoms with van der Waals surface area (Å²) in [6.45, 7) is 7.08. The first kappa shape index (κ1) is 16.0. The van der Waals surface area contributed by atoms with Crippen molar-refractivity contribution in [1.29, 1.82) is 0 Å². The molecule has 0 atom stereocenters. The van der Waals surface area contributed by atoms with Gasteiger partial charge in [-0.25, -0.2) is 4.68 Å². The van der Waals surface area contributed by atoms with Gasteiger partial charge < -0.3 is 15.0 Å². The first-order valence-corrected chi connectivity index (χ1v) is 7.72. The highest BCUT2D eigenvalue weighted by atomic mass is 16.5. The molecule has 21 heavy (non-hydrogen) atoms. The van der Waals surface area contributed by atoms with Gasteiger partial charge in [-0.2, -0.15) is 5.10 Å². The van der Waals surface area contributed by atoms with Gasteiger partial charge in [0.2, 0.25) is 0 Å². The Hall–Kier alpha value is -1.40. The first-order valence-electron chi connectivity index (χ1n) is 7.72. The molecule has 0 bridgehead atoms. The summed E-state index contributed by atoms with van der Waals surface area (Å²) < 4.78 is 6.47. The molecule has 0 amide bonds. The number of nitrogens with one attached hydrogen (secondary N) is 1. The van der Waals surface area contributed by atoms with Gasteiger partial charge in [-0.05, 0) is 18.8 Å². The van der Waals surface area contributed by atoms with E-state index in [4.69, 9.17) is 4.74 Å². The summed E-state index contributed by atoms with van der Waals surface area (Å²) in [5.41, 5.74) is 0.926. The summed E-state index contributed by atoms with van der Waals surface area (Å²) in [5.74, 6) is 0.785. The molecule has 6 nitrogen and oxygen atoms in total. The zero-order valence-corrected chi connectivity index (χ0v) is 13.0. The average Bonchev–Trinajstić information content (AvgIpc) is 2.49.